The van der Waals surface area contributed by atoms with Gasteiger partial charge >= 0.3 is 5.97 Å². The highest BCUT2D eigenvalue weighted by Gasteiger charge is 2.28. The first-order valence-corrected chi connectivity index (χ1v) is 9.72. The molecular formula is C20H18Cl2N4O2. The van der Waals surface area contributed by atoms with Crippen LogP contribution in [0.4, 0.5) is 5.82 Å². The summed E-state index contributed by atoms with van der Waals surface area (Å²) in [6.07, 6.45) is 4.91. The summed E-state index contributed by atoms with van der Waals surface area (Å²) >= 11 is 12.3. The number of benzene rings is 1. The molecule has 3 heterocycles. The number of aromatic nitrogens is 3. The fourth-order valence-electron chi connectivity index (χ4n) is 3.64. The molecule has 0 bridgehead atoms. The average molecular weight is 417 g/mol. The Bertz CT molecular complexity index is 1040. The maximum absolute atomic E-state index is 12.0. The quantitative estimate of drug-likeness (QED) is 0.589. The molecule has 28 heavy (non-hydrogen) atoms. The Morgan fingerprint density at radius 1 is 1.18 bits per heavy atom. The Kier molecular flexibility index (Phi) is 5.33. The fraction of sp³-hybridized carbons (Fsp3) is 0.300. The molecule has 1 atom stereocenters. The van der Waals surface area contributed by atoms with Crippen molar-refractivity contribution in [3.05, 3.63) is 46.8 Å². The van der Waals surface area contributed by atoms with E-state index in [2.05, 4.69) is 19.9 Å². The minimum absolute atomic E-state index is 0.172. The number of carbonyl (C=O) groups is 1. The predicted molar refractivity (Wildman–Crippen MR) is 110 cm³/mol. The summed E-state index contributed by atoms with van der Waals surface area (Å²) in [5, 5.41) is 1.80. The number of fused-ring (bicyclic) bond motifs is 1. The van der Waals surface area contributed by atoms with Crippen LogP contribution < -0.4 is 4.90 Å². The molecule has 1 aromatic carbocycles. The summed E-state index contributed by atoms with van der Waals surface area (Å²) in [5.41, 5.74) is 2.41. The van der Waals surface area contributed by atoms with Crippen LogP contribution >= 0.6 is 23.2 Å². The van der Waals surface area contributed by atoms with Gasteiger partial charge in [-0.2, -0.15) is 0 Å². The molecule has 0 aliphatic carbocycles. The zero-order valence-electron chi connectivity index (χ0n) is 15.2. The number of esters is 1. The van der Waals surface area contributed by atoms with Gasteiger partial charge in [0.1, 0.15) is 12.1 Å². The molecule has 0 radical (unpaired) electrons. The molecule has 0 N–H and O–H groups in total. The minimum atomic E-state index is -0.189. The van der Waals surface area contributed by atoms with Crippen molar-refractivity contribution >= 4 is 46.0 Å². The lowest BCUT2D eigenvalue weighted by Gasteiger charge is -2.32. The highest BCUT2D eigenvalue weighted by atomic mass is 35.5. The topological polar surface area (TPSA) is 68.2 Å². The van der Waals surface area contributed by atoms with E-state index < -0.39 is 0 Å². The Morgan fingerprint density at radius 2 is 2.04 bits per heavy atom. The van der Waals surface area contributed by atoms with Crippen molar-refractivity contribution in [2.45, 2.75) is 12.8 Å². The number of hydrogen-bond acceptors (Lipinski definition) is 6. The Balaban J connectivity index is 1.83. The van der Waals surface area contributed by atoms with Crippen LogP contribution in [0.5, 0.6) is 0 Å². The molecule has 4 rings (SSSR count). The van der Waals surface area contributed by atoms with Gasteiger partial charge in [-0.15, -0.1) is 0 Å². The van der Waals surface area contributed by atoms with Crippen molar-refractivity contribution in [2.75, 3.05) is 25.1 Å². The summed E-state index contributed by atoms with van der Waals surface area (Å²) in [5.74, 6) is 0.396. The molecule has 0 amide bonds. The lowest BCUT2D eigenvalue weighted by molar-refractivity contribution is -0.145. The van der Waals surface area contributed by atoms with Gasteiger partial charge in [0.05, 0.1) is 28.5 Å². The van der Waals surface area contributed by atoms with Crippen LogP contribution in [0.1, 0.15) is 12.8 Å². The number of nitrogens with zero attached hydrogens (tertiary/aromatic N) is 4. The third-order valence-electron chi connectivity index (χ3n) is 5.00. The van der Waals surface area contributed by atoms with Crippen molar-refractivity contribution in [1.29, 1.82) is 0 Å². The molecule has 8 heteroatoms. The Morgan fingerprint density at radius 3 is 2.82 bits per heavy atom. The number of halogens is 2. The second-order valence-corrected chi connectivity index (χ2v) is 7.51. The van der Waals surface area contributed by atoms with E-state index in [0.717, 1.165) is 41.7 Å². The first-order chi connectivity index (χ1) is 13.6. The van der Waals surface area contributed by atoms with Crippen LogP contribution in [0.15, 0.2) is 36.8 Å². The van der Waals surface area contributed by atoms with Crippen molar-refractivity contribution < 1.29 is 9.53 Å². The van der Waals surface area contributed by atoms with Crippen LogP contribution in [0.2, 0.25) is 10.0 Å². The normalized spacial score (nSPS) is 17.0. The summed E-state index contributed by atoms with van der Waals surface area (Å²) in [6, 6.07) is 7.41. The monoisotopic (exact) mass is 416 g/mol. The Labute approximate surface area is 172 Å². The molecule has 0 saturated carbocycles. The predicted octanol–water partition coefficient (Wildman–Crippen LogP) is 4.39. The number of ether oxygens (including phenoxy) is 1. The minimum Gasteiger partial charge on any atom is -0.469 e. The van der Waals surface area contributed by atoms with Gasteiger partial charge in [0.2, 0.25) is 0 Å². The molecule has 2 aromatic heterocycles. The van der Waals surface area contributed by atoms with Crippen molar-refractivity contribution in [2.24, 2.45) is 5.92 Å². The van der Waals surface area contributed by atoms with Gasteiger partial charge in [0.15, 0.2) is 5.65 Å². The summed E-state index contributed by atoms with van der Waals surface area (Å²) < 4.78 is 4.94. The van der Waals surface area contributed by atoms with Gasteiger partial charge in [0, 0.05) is 19.3 Å². The van der Waals surface area contributed by atoms with Crippen LogP contribution in [0.25, 0.3) is 22.2 Å². The maximum atomic E-state index is 12.0. The SMILES string of the molecule is COC(=O)C1CCCN(c2ncnc3nccc(-c4ccc(Cl)c(Cl)c4)c23)C1. The second-order valence-electron chi connectivity index (χ2n) is 6.69. The molecule has 0 spiro atoms. The van der Waals surface area contributed by atoms with Crippen LogP contribution in [0.3, 0.4) is 0 Å². The third-order valence-corrected chi connectivity index (χ3v) is 5.74. The lowest BCUT2D eigenvalue weighted by Crippen LogP contribution is -2.39. The van der Waals surface area contributed by atoms with E-state index >= 15 is 0 Å². The largest absolute Gasteiger partial charge is 0.469 e. The highest BCUT2D eigenvalue weighted by Crippen LogP contribution is 2.36. The van der Waals surface area contributed by atoms with E-state index in [9.17, 15) is 4.79 Å². The van der Waals surface area contributed by atoms with Gasteiger partial charge < -0.3 is 9.64 Å². The molecule has 1 unspecified atom stereocenters. The third kappa shape index (κ3) is 3.50. The molecular weight excluding hydrogens is 399 g/mol. The molecule has 1 aliphatic rings. The fourth-order valence-corrected chi connectivity index (χ4v) is 3.94. The molecule has 6 nitrogen and oxygen atoms in total. The standard InChI is InChI=1S/C20H18Cl2N4O2/c1-28-20(27)13-3-2-8-26(10-13)19-17-14(6-7-23-18(17)24-11-25-19)12-4-5-15(21)16(22)9-12/h4-7,9,11,13H,2-3,8,10H2,1H3. The number of hydrogen-bond donors (Lipinski definition) is 0. The molecule has 1 fully saturated rings. The van der Waals surface area contributed by atoms with Crippen molar-refractivity contribution in [1.82, 2.24) is 15.0 Å². The number of methoxy groups -OCH3 is 1. The molecule has 1 aliphatic heterocycles. The van der Waals surface area contributed by atoms with Crippen LogP contribution in [-0.4, -0.2) is 41.1 Å². The number of anilines is 1. The highest BCUT2D eigenvalue weighted by molar-refractivity contribution is 6.42. The van der Waals surface area contributed by atoms with Gasteiger partial charge in [0.25, 0.3) is 0 Å². The summed E-state index contributed by atoms with van der Waals surface area (Å²) in [4.78, 5) is 27.4. The zero-order chi connectivity index (χ0) is 19.7. The summed E-state index contributed by atoms with van der Waals surface area (Å²) in [7, 11) is 1.42. The van der Waals surface area contributed by atoms with Crippen molar-refractivity contribution in [3.63, 3.8) is 0 Å². The Hall–Kier alpha value is -2.44. The van der Waals surface area contributed by atoms with Crippen LogP contribution in [0, 0.1) is 5.92 Å². The van der Waals surface area contributed by atoms with E-state index in [1.807, 2.05) is 18.2 Å². The summed E-state index contributed by atoms with van der Waals surface area (Å²) in [6.45, 7) is 1.35. The average Bonchev–Trinajstić information content (AvgIpc) is 2.74. The molecule has 3 aromatic rings. The number of rotatable bonds is 3. The smallest absolute Gasteiger partial charge is 0.310 e. The number of carbonyl (C=O) groups excluding carboxylic acids is 1. The van der Waals surface area contributed by atoms with Gasteiger partial charge in [-0.1, -0.05) is 29.3 Å². The lowest BCUT2D eigenvalue weighted by atomic mass is 9.97. The number of piperidine rings is 1. The zero-order valence-corrected chi connectivity index (χ0v) is 16.7. The van der Waals surface area contributed by atoms with Gasteiger partial charge in [-0.3, -0.25) is 4.79 Å². The first kappa shape index (κ1) is 18.9. The molecule has 1 saturated heterocycles. The van der Waals surface area contributed by atoms with E-state index in [1.165, 1.54) is 13.4 Å². The van der Waals surface area contributed by atoms with E-state index in [4.69, 9.17) is 27.9 Å². The van der Waals surface area contributed by atoms with E-state index in [0.29, 0.717) is 22.2 Å². The van der Waals surface area contributed by atoms with Crippen molar-refractivity contribution in [3.8, 4) is 11.1 Å². The maximum Gasteiger partial charge on any atom is 0.310 e. The van der Waals surface area contributed by atoms with Crippen LogP contribution in [-0.2, 0) is 9.53 Å². The van der Waals surface area contributed by atoms with Gasteiger partial charge in [-0.25, -0.2) is 15.0 Å². The number of pyridine rings is 1. The van der Waals surface area contributed by atoms with Gasteiger partial charge in [-0.05, 0) is 42.2 Å². The second kappa shape index (κ2) is 7.89. The first-order valence-electron chi connectivity index (χ1n) is 8.96. The van der Waals surface area contributed by atoms with E-state index in [1.54, 1.807) is 12.3 Å². The molecule has 144 valence electrons. The van der Waals surface area contributed by atoms with E-state index in [-0.39, 0.29) is 11.9 Å².